The highest BCUT2D eigenvalue weighted by Crippen LogP contribution is 2.12. The molecular formula is C10H8FIO2. The Morgan fingerprint density at radius 2 is 2.21 bits per heavy atom. The van der Waals surface area contributed by atoms with Crippen molar-refractivity contribution in [1.82, 2.24) is 0 Å². The molecule has 0 aliphatic heterocycles. The van der Waals surface area contributed by atoms with Gasteiger partial charge >= 0.3 is 5.97 Å². The van der Waals surface area contributed by atoms with E-state index in [1.54, 1.807) is 6.07 Å². The summed E-state index contributed by atoms with van der Waals surface area (Å²) < 4.78 is 18.1. The van der Waals surface area contributed by atoms with Gasteiger partial charge in [0.05, 0.1) is 7.11 Å². The first kappa shape index (κ1) is 11.2. The number of benzene rings is 1. The summed E-state index contributed by atoms with van der Waals surface area (Å²) in [7, 11) is 1.29. The minimum Gasteiger partial charge on any atom is -0.466 e. The van der Waals surface area contributed by atoms with Crippen molar-refractivity contribution in [3.63, 3.8) is 0 Å². The Hall–Kier alpha value is -0.910. The highest BCUT2D eigenvalue weighted by Gasteiger charge is 1.97. The van der Waals surface area contributed by atoms with Crippen molar-refractivity contribution in [3.8, 4) is 0 Å². The quantitative estimate of drug-likeness (QED) is 0.477. The lowest BCUT2D eigenvalue weighted by Crippen LogP contribution is -1.93. The van der Waals surface area contributed by atoms with E-state index < -0.39 is 5.97 Å². The number of carbonyl (C=O) groups is 1. The molecule has 0 N–H and O–H groups in total. The van der Waals surface area contributed by atoms with Crippen LogP contribution >= 0.6 is 22.6 Å². The lowest BCUT2D eigenvalue weighted by molar-refractivity contribution is -0.134. The van der Waals surface area contributed by atoms with Crippen LogP contribution in [-0.4, -0.2) is 13.1 Å². The Morgan fingerprint density at radius 1 is 1.50 bits per heavy atom. The van der Waals surface area contributed by atoms with Crippen molar-refractivity contribution >= 4 is 34.6 Å². The van der Waals surface area contributed by atoms with Crippen molar-refractivity contribution < 1.29 is 13.9 Å². The third-order valence-corrected chi connectivity index (χ3v) is 2.12. The molecule has 74 valence electrons. The van der Waals surface area contributed by atoms with Crippen molar-refractivity contribution in [2.75, 3.05) is 7.11 Å². The number of carbonyl (C=O) groups excluding carboxylic acids is 1. The van der Waals surface area contributed by atoms with Crippen LogP contribution in [0.3, 0.4) is 0 Å². The van der Waals surface area contributed by atoms with Gasteiger partial charge in [0.25, 0.3) is 0 Å². The zero-order valence-electron chi connectivity index (χ0n) is 7.46. The summed E-state index contributed by atoms with van der Waals surface area (Å²) in [6, 6.07) is 4.53. The average Bonchev–Trinajstić information content (AvgIpc) is 2.12. The first-order chi connectivity index (χ1) is 6.61. The van der Waals surface area contributed by atoms with Crippen molar-refractivity contribution in [3.05, 3.63) is 39.2 Å². The van der Waals surface area contributed by atoms with Crippen LogP contribution in [0.25, 0.3) is 6.08 Å². The summed E-state index contributed by atoms with van der Waals surface area (Å²) >= 11 is 2.01. The van der Waals surface area contributed by atoms with E-state index in [-0.39, 0.29) is 5.82 Å². The SMILES string of the molecule is COC(=O)/C=C/c1cc(F)cc(I)c1. The lowest BCUT2D eigenvalue weighted by atomic mass is 10.2. The van der Waals surface area contributed by atoms with Crippen molar-refractivity contribution in [2.45, 2.75) is 0 Å². The lowest BCUT2D eigenvalue weighted by Gasteiger charge is -1.96. The fourth-order valence-electron chi connectivity index (χ4n) is 0.904. The fourth-order valence-corrected chi connectivity index (χ4v) is 1.56. The van der Waals surface area contributed by atoms with E-state index in [4.69, 9.17) is 0 Å². The molecule has 0 unspecified atom stereocenters. The molecule has 0 aliphatic rings. The third kappa shape index (κ3) is 3.45. The molecule has 14 heavy (non-hydrogen) atoms. The van der Waals surface area contributed by atoms with Gasteiger partial charge in [-0.15, -0.1) is 0 Å². The van der Waals surface area contributed by atoms with Crippen LogP contribution in [0.15, 0.2) is 24.3 Å². The molecule has 0 heterocycles. The minimum absolute atomic E-state index is 0.318. The zero-order valence-corrected chi connectivity index (χ0v) is 9.62. The maximum atomic E-state index is 12.9. The highest BCUT2D eigenvalue weighted by molar-refractivity contribution is 14.1. The Morgan fingerprint density at radius 3 is 2.79 bits per heavy atom. The van der Waals surface area contributed by atoms with E-state index in [0.29, 0.717) is 5.56 Å². The van der Waals surface area contributed by atoms with Gasteiger partial charge in [0, 0.05) is 9.65 Å². The number of ether oxygens (including phenoxy) is 1. The van der Waals surface area contributed by atoms with Crippen LogP contribution in [0.2, 0.25) is 0 Å². The molecule has 0 saturated carbocycles. The van der Waals surface area contributed by atoms with Gasteiger partial charge < -0.3 is 4.74 Å². The normalized spacial score (nSPS) is 10.5. The zero-order chi connectivity index (χ0) is 10.6. The molecule has 0 spiro atoms. The highest BCUT2D eigenvalue weighted by atomic mass is 127. The maximum Gasteiger partial charge on any atom is 0.330 e. The Labute approximate surface area is 94.9 Å². The second-order valence-corrected chi connectivity index (χ2v) is 3.80. The standard InChI is InChI=1S/C10H8FIO2/c1-14-10(13)3-2-7-4-8(11)6-9(12)5-7/h2-6H,1H3/b3-2+. The van der Waals surface area contributed by atoms with Crippen LogP contribution in [0, 0.1) is 9.39 Å². The van der Waals surface area contributed by atoms with Crippen LogP contribution in [0.5, 0.6) is 0 Å². The molecule has 0 aromatic heterocycles. The Balaban J connectivity index is 2.86. The number of halogens is 2. The van der Waals surface area contributed by atoms with Crippen LogP contribution in [-0.2, 0) is 9.53 Å². The van der Waals surface area contributed by atoms with Gasteiger partial charge in [-0.2, -0.15) is 0 Å². The smallest absolute Gasteiger partial charge is 0.330 e. The predicted molar refractivity (Wildman–Crippen MR) is 60.2 cm³/mol. The first-order valence-electron chi connectivity index (χ1n) is 3.84. The molecule has 0 fully saturated rings. The van der Waals surface area contributed by atoms with E-state index in [9.17, 15) is 9.18 Å². The predicted octanol–water partition coefficient (Wildman–Crippen LogP) is 2.62. The summed E-state index contributed by atoms with van der Waals surface area (Å²) in [6.07, 6.45) is 2.77. The number of rotatable bonds is 2. The van der Waals surface area contributed by atoms with E-state index in [2.05, 4.69) is 4.74 Å². The van der Waals surface area contributed by atoms with Crippen LogP contribution in [0.4, 0.5) is 4.39 Å². The van der Waals surface area contributed by atoms with Crippen LogP contribution < -0.4 is 0 Å². The molecule has 0 bridgehead atoms. The van der Waals surface area contributed by atoms with Gasteiger partial charge in [-0.05, 0) is 52.4 Å². The molecule has 1 aromatic carbocycles. The molecule has 0 atom stereocenters. The maximum absolute atomic E-state index is 12.9. The molecular weight excluding hydrogens is 298 g/mol. The van der Waals surface area contributed by atoms with Gasteiger partial charge in [-0.25, -0.2) is 9.18 Å². The van der Waals surface area contributed by atoms with Gasteiger partial charge in [-0.3, -0.25) is 0 Å². The molecule has 1 aromatic rings. The first-order valence-corrected chi connectivity index (χ1v) is 4.92. The monoisotopic (exact) mass is 306 g/mol. The van der Waals surface area contributed by atoms with E-state index in [1.807, 2.05) is 22.6 Å². The molecule has 4 heteroatoms. The average molecular weight is 306 g/mol. The summed E-state index contributed by atoms with van der Waals surface area (Å²) in [5.41, 5.74) is 0.639. The minimum atomic E-state index is -0.454. The van der Waals surface area contributed by atoms with E-state index in [1.165, 1.54) is 31.4 Å². The molecule has 2 nitrogen and oxygen atoms in total. The summed E-state index contributed by atoms with van der Waals surface area (Å²) in [5.74, 6) is -0.773. The number of esters is 1. The molecule has 0 saturated heterocycles. The topological polar surface area (TPSA) is 26.3 Å². The van der Waals surface area contributed by atoms with Gasteiger partial charge in [-0.1, -0.05) is 0 Å². The second-order valence-electron chi connectivity index (χ2n) is 2.56. The largest absolute Gasteiger partial charge is 0.466 e. The summed E-state index contributed by atoms with van der Waals surface area (Å²) in [6.45, 7) is 0. The van der Waals surface area contributed by atoms with E-state index >= 15 is 0 Å². The number of methoxy groups -OCH3 is 1. The number of hydrogen-bond acceptors (Lipinski definition) is 2. The van der Waals surface area contributed by atoms with Crippen molar-refractivity contribution in [1.29, 1.82) is 0 Å². The van der Waals surface area contributed by atoms with Gasteiger partial charge in [0.15, 0.2) is 0 Å². The summed E-state index contributed by atoms with van der Waals surface area (Å²) in [4.78, 5) is 10.8. The second kappa shape index (κ2) is 5.09. The van der Waals surface area contributed by atoms with Gasteiger partial charge in [0.2, 0.25) is 0 Å². The summed E-state index contributed by atoms with van der Waals surface area (Å²) in [5, 5.41) is 0. The van der Waals surface area contributed by atoms with Gasteiger partial charge in [0.1, 0.15) is 5.82 Å². The Bertz CT molecular complexity index is 354. The van der Waals surface area contributed by atoms with E-state index in [0.717, 1.165) is 3.57 Å². The van der Waals surface area contributed by atoms with Crippen molar-refractivity contribution in [2.24, 2.45) is 0 Å². The molecule has 0 amide bonds. The Kier molecular flexibility index (Phi) is 4.06. The molecule has 0 radical (unpaired) electrons. The fraction of sp³-hybridized carbons (Fsp3) is 0.100. The molecule has 0 aliphatic carbocycles. The number of hydrogen-bond donors (Lipinski definition) is 0. The van der Waals surface area contributed by atoms with Crippen LogP contribution in [0.1, 0.15) is 5.56 Å². The third-order valence-electron chi connectivity index (χ3n) is 1.50. The molecule has 1 rings (SSSR count).